The molecule has 4 nitrogen and oxygen atoms in total. The van der Waals surface area contributed by atoms with Gasteiger partial charge in [-0.15, -0.1) is 10.2 Å². The molecule has 0 aliphatic carbocycles. The molecule has 62 valence electrons. The fourth-order valence-corrected chi connectivity index (χ4v) is 1.03. The number of nitrogens with zero attached hydrogens (tertiary/aromatic N) is 4. The molecule has 1 rings (SSSR count). The summed E-state index contributed by atoms with van der Waals surface area (Å²) in [6.45, 7) is 4.15. The summed E-state index contributed by atoms with van der Waals surface area (Å²) in [5, 5.41) is 7.44. The normalized spacial score (nSPS) is 10.8. The number of hydrogen-bond acceptors (Lipinski definition) is 3. The molecule has 11 heavy (non-hydrogen) atoms. The molecule has 0 fully saturated rings. The summed E-state index contributed by atoms with van der Waals surface area (Å²) in [4.78, 5) is 2.23. The number of rotatable bonds is 4. The molecular weight excluding hydrogens is 140 g/mol. The third-order valence-electron chi connectivity index (χ3n) is 1.48. The van der Waals surface area contributed by atoms with E-state index < -0.39 is 0 Å². The van der Waals surface area contributed by atoms with Gasteiger partial charge in [-0.25, -0.2) is 0 Å². The van der Waals surface area contributed by atoms with E-state index in [1.165, 1.54) is 6.42 Å². The van der Waals surface area contributed by atoms with Crippen LogP contribution in [0.1, 0.15) is 13.3 Å². The molecular formula is C7H14N4. The molecule has 0 aromatic carbocycles. The smallest absolute Gasteiger partial charge is 0.120 e. The van der Waals surface area contributed by atoms with Crippen molar-refractivity contribution < 1.29 is 0 Å². The predicted octanol–water partition coefficient (Wildman–Crippen LogP) is 0.577. The van der Waals surface area contributed by atoms with E-state index >= 15 is 0 Å². The van der Waals surface area contributed by atoms with Crippen molar-refractivity contribution in [3.63, 3.8) is 0 Å². The van der Waals surface area contributed by atoms with Crippen molar-refractivity contribution in [1.82, 2.24) is 19.7 Å². The van der Waals surface area contributed by atoms with Crippen molar-refractivity contribution in [1.29, 1.82) is 0 Å². The van der Waals surface area contributed by atoms with Crippen LogP contribution in [-0.4, -0.2) is 33.3 Å². The molecule has 0 spiro atoms. The highest BCUT2D eigenvalue weighted by molar-refractivity contribution is 4.59. The lowest BCUT2D eigenvalue weighted by molar-refractivity contribution is 0.268. The summed E-state index contributed by atoms with van der Waals surface area (Å²) in [7, 11) is 2.09. The van der Waals surface area contributed by atoms with Gasteiger partial charge in [-0.2, -0.15) is 0 Å². The molecule has 0 bridgehead atoms. The van der Waals surface area contributed by atoms with E-state index in [2.05, 4.69) is 29.1 Å². The molecule has 1 aromatic rings. The van der Waals surface area contributed by atoms with Crippen molar-refractivity contribution >= 4 is 0 Å². The first-order valence-electron chi connectivity index (χ1n) is 3.84. The van der Waals surface area contributed by atoms with E-state index in [0.717, 1.165) is 13.2 Å². The van der Waals surface area contributed by atoms with E-state index in [1.54, 1.807) is 12.7 Å². The van der Waals surface area contributed by atoms with Crippen LogP contribution in [0, 0.1) is 0 Å². The molecule has 1 heterocycles. The lowest BCUT2D eigenvalue weighted by atomic mass is 10.4. The van der Waals surface area contributed by atoms with Crippen molar-refractivity contribution in [2.75, 3.05) is 13.6 Å². The zero-order valence-corrected chi connectivity index (χ0v) is 7.06. The number of hydrogen-bond donors (Lipinski definition) is 0. The number of aromatic nitrogens is 3. The third kappa shape index (κ3) is 2.67. The first-order chi connectivity index (χ1) is 5.33. The summed E-state index contributed by atoms with van der Waals surface area (Å²) in [5.74, 6) is 0. The monoisotopic (exact) mass is 154 g/mol. The molecule has 0 radical (unpaired) electrons. The highest BCUT2D eigenvalue weighted by atomic mass is 15.3. The maximum atomic E-state index is 3.72. The van der Waals surface area contributed by atoms with Crippen molar-refractivity contribution in [3.8, 4) is 0 Å². The molecule has 1 aromatic heterocycles. The Morgan fingerprint density at radius 1 is 1.36 bits per heavy atom. The zero-order chi connectivity index (χ0) is 8.10. The molecule has 0 atom stereocenters. The van der Waals surface area contributed by atoms with Gasteiger partial charge in [-0.05, 0) is 20.0 Å². The highest BCUT2D eigenvalue weighted by Crippen LogP contribution is 1.90. The van der Waals surface area contributed by atoms with Gasteiger partial charge in [0.2, 0.25) is 0 Å². The van der Waals surface area contributed by atoms with Crippen LogP contribution < -0.4 is 0 Å². The Morgan fingerprint density at radius 2 is 2.00 bits per heavy atom. The summed E-state index contributed by atoms with van der Waals surface area (Å²) < 4.78 is 1.95. The molecule has 0 unspecified atom stereocenters. The molecule has 4 heteroatoms. The van der Waals surface area contributed by atoms with E-state index in [0.29, 0.717) is 0 Å². The minimum Gasteiger partial charge on any atom is -0.306 e. The van der Waals surface area contributed by atoms with E-state index in [9.17, 15) is 0 Å². The van der Waals surface area contributed by atoms with Crippen LogP contribution in [-0.2, 0) is 6.67 Å². The quantitative estimate of drug-likeness (QED) is 0.636. The topological polar surface area (TPSA) is 34.0 Å². The van der Waals surface area contributed by atoms with Crippen LogP contribution in [0.5, 0.6) is 0 Å². The van der Waals surface area contributed by atoms with Crippen LogP contribution >= 0.6 is 0 Å². The molecule has 0 aliphatic heterocycles. The molecule has 0 amide bonds. The van der Waals surface area contributed by atoms with Gasteiger partial charge in [-0.1, -0.05) is 6.92 Å². The van der Waals surface area contributed by atoms with Crippen LogP contribution in [0.4, 0.5) is 0 Å². The van der Waals surface area contributed by atoms with Crippen molar-refractivity contribution in [2.45, 2.75) is 20.0 Å². The average Bonchev–Trinajstić information content (AvgIpc) is 2.40. The van der Waals surface area contributed by atoms with Crippen LogP contribution in [0.3, 0.4) is 0 Å². The first-order valence-corrected chi connectivity index (χ1v) is 3.84. The van der Waals surface area contributed by atoms with Gasteiger partial charge in [0.05, 0.1) is 6.67 Å². The van der Waals surface area contributed by atoms with E-state index in [1.807, 2.05) is 4.57 Å². The minimum atomic E-state index is 0.876. The maximum absolute atomic E-state index is 3.72. The summed E-state index contributed by atoms with van der Waals surface area (Å²) in [6.07, 6.45) is 4.64. The lowest BCUT2D eigenvalue weighted by Gasteiger charge is -2.14. The fraction of sp³-hybridized carbons (Fsp3) is 0.714. The summed E-state index contributed by atoms with van der Waals surface area (Å²) in [6, 6.07) is 0. The SMILES string of the molecule is CCCN(C)Cn1cnnc1. The second kappa shape index (κ2) is 4.08. The Balaban J connectivity index is 2.31. The predicted molar refractivity (Wildman–Crippen MR) is 42.9 cm³/mol. The van der Waals surface area contributed by atoms with Crippen LogP contribution in [0.2, 0.25) is 0 Å². The van der Waals surface area contributed by atoms with Crippen LogP contribution in [0.15, 0.2) is 12.7 Å². The zero-order valence-electron chi connectivity index (χ0n) is 7.06. The van der Waals surface area contributed by atoms with Crippen LogP contribution in [0.25, 0.3) is 0 Å². The van der Waals surface area contributed by atoms with E-state index in [4.69, 9.17) is 0 Å². The van der Waals surface area contributed by atoms with Crippen molar-refractivity contribution in [3.05, 3.63) is 12.7 Å². The minimum absolute atomic E-state index is 0.876. The highest BCUT2D eigenvalue weighted by Gasteiger charge is 1.95. The van der Waals surface area contributed by atoms with Crippen molar-refractivity contribution in [2.24, 2.45) is 0 Å². The van der Waals surface area contributed by atoms with Gasteiger partial charge in [-0.3, -0.25) is 4.90 Å². The Bertz CT molecular complexity index is 182. The van der Waals surface area contributed by atoms with Gasteiger partial charge in [0.1, 0.15) is 12.7 Å². The largest absolute Gasteiger partial charge is 0.306 e. The summed E-state index contributed by atoms with van der Waals surface area (Å²) in [5.41, 5.74) is 0. The van der Waals surface area contributed by atoms with Gasteiger partial charge < -0.3 is 4.57 Å². The second-order valence-electron chi connectivity index (χ2n) is 2.70. The average molecular weight is 154 g/mol. The van der Waals surface area contributed by atoms with Gasteiger partial charge in [0, 0.05) is 0 Å². The van der Waals surface area contributed by atoms with Gasteiger partial charge in [0.25, 0.3) is 0 Å². The standard InChI is InChI=1S/C7H14N4/c1-3-4-10(2)7-11-5-8-9-6-11/h5-6H,3-4,7H2,1-2H3. The van der Waals surface area contributed by atoms with Gasteiger partial charge in [0.15, 0.2) is 0 Å². The molecule has 0 aliphatic rings. The Kier molecular flexibility index (Phi) is 3.04. The first kappa shape index (κ1) is 8.20. The molecule has 0 N–H and O–H groups in total. The lowest BCUT2D eigenvalue weighted by Crippen LogP contribution is -2.21. The van der Waals surface area contributed by atoms with Gasteiger partial charge >= 0.3 is 0 Å². The third-order valence-corrected chi connectivity index (χ3v) is 1.48. The molecule has 0 saturated heterocycles. The summed E-state index contributed by atoms with van der Waals surface area (Å²) >= 11 is 0. The molecule has 0 saturated carbocycles. The Morgan fingerprint density at radius 3 is 2.55 bits per heavy atom. The maximum Gasteiger partial charge on any atom is 0.120 e. The van der Waals surface area contributed by atoms with E-state index in [-0.39, 0.29) is 0 Å². The second-order valence-corrected chi connectivity index (χ2v) is 2.70. The fourth-order valence-electron chi connectivity index (χ4n) is 1.03. The Labute approximate surface area is 66.8 Å². The Hall–Kier alpha value is -0.900.